The first kappa shape index (κ1) is 10.9. The predicted octanol–water partition coefficient (Wildman–Crippen LogP) is 4.09. The fourth-order valence-corrected chi connectivity index (χ4v) is 2.89. The lowest BCUT2D eigenvalue weighted by molar-refractivity contribution is 0.214. The Bertz CT molecular complexity index is 557. The van der Waals surface area contributed by atoms with Gasteiger partial charge in [-0.15, -0.1) is 11.3 Å². The van der Waals surface area contributed by atoms with Crippen molar-refractivity contribution in [3.8, 4) is 5.75 Å². The first-order valence-electron chi connectivity index (χ1n) is 5.18. The summed E-state index contributed by atoms with van der Waals surface area (Å²) in [4.78, 5) is 1.07. The Hall–Kier alpha value is -1.26. The molecule has 0 amide bonds. The van der Waals surface area contributed by atoms with Gasteiger partial charge in [-0.25, -0.2) is 4.39 Å². The van der Waals surface area contributed by atoms with Crippen molar-refractivity contribution < 1.29 is 9.13 Å². The molecule has 3 rings (SSSR count). The van der Waals surface area contributed by atoms with Crippen LogP contribution in [0.2, 0.25) is 4.34 Å². The van der Waals surface area contributed by atoms with Crippen LogP contribution < -0.4 is 10.1 Å². The number of hydrogen-bond donors (Lipinski definition) is 1. The van der Waals surface area contributed by atoms with Gasteiger partial charge in [0.2, 0.25) is 0 Å². The van der Waals surface area contributed by atoms with Crippen molar-refractivity contribution in [1.29, 1.82) is 0 Å². The van der Waals surface area contributed by atoms with E-state index < -0.39 is 0 Å². The van der Waals surface area contributed by atoms with Gasteiger partial charge in [-0.3, -0.25) is 0 Å². The summed E-state index contributed by atoms with van der Waals surface area (Å²) in [5.74, 6) is 0.407. The average molecular weight is 270 g/mol. The lowest BCUT2D eigenvalue weighted by atomic mass is 10.2. The van der Waals surface area contributed by atoms with Crippen molar-refractivity contribution in [2.45, 2.75) is 6.10 Å². The normalized spacial score (nSPS) is 18.1. The van der Waals surface area contributed by atoms with Crippen LogP contribution in [0.4, 0.5) is 10.1 Å². The van der Waals surface area contributed by atoms with Crippen LogP contribution in [-0.4, -0.2) is 6.54 Å². The van der Waals surface area contributed by atoms with Crippen LogP contribution in [0.1, 0.15) is 11.0 Å². The van der Waals surface area contributed by atoms with E-state index in [0.29, 0.717) is 18.0 Å². The molecule has 0 saturated heterocycles. The predicted molar refractivity (Wildman–Crippen MR) is 67.6 cm³/mol. The van der Waals surface area contributed by atoms with Crippen LogP contribution in [0.15, 0.2) is 30.3 Å². The van der Waals surface area contributed by atoms with Crippen LogP contribution in [-0.2, 0) is 0 Å². The van der Waals surface area contributed by atoms with Gasteiger partial charge < -0.3 is 10.1 Å². The van der Waals surface area contributed by atoms with E-state index in [-0.39, 0.29) is 11.9 Å². The van der Waals surface area contributed by atoms with Gasteiger partial charge in [0.15, 0.2) is 6.10 Å². The highest BCUT2D eigenvalue weighted by atomic mass is 35.5. The summed E-state index contributed by atoms with van der Waals surface area (Å²) in [5.41, 5.74) is 0.698. The minimum atomic E-state index is -0.266. The molecular weight excluding hydrogens is 261 g/mol. The second-order valence-electron chi connectivity index (χ2n) is 3.77. The van der Waals surface area contributed by atoms with E-state index in [1.54, 1.807) is 6.07 Å². The minimum Gasteiger partial charge on any atom is -0.481 e. The third-order valence-corrected chi connectivity index (χ3v) is 3.92. The molecule has 2 aromatic rings. The SMILES string of the molecule is Fc1ccc2c(c1)NCC(c1ccc(Cl)s1)O2. The highest BCUT2D eigenvalue weighted by molar-refractivity contribution is 7.16. The average Bonchev–Trinajstić information content (AvgIpc) is 2.75. The Morgan fingerprint density at radius 3 is 3.00 bits per heavy atom. The molecule has 1 N–H and O–H groups in total. The molecule has 0 radical (unpaired) electrons. The largest absolute Gasteiger partial charge is 0.481 e. The summed E-state index contributed by atoms with van der Waals surface area (Å²) in [6, 6.07) is 8.27. The Labute approximate surface area is 107 Å². The van der Waals surface area contributed by atoms with Crippen molar-refractivity contribution in [1.82, 2.24) is 0 Å². The van der Waals surface area contributed by atoms with Gasteiger partial charge in [0.1, 0.15) is 11.6 Å². The van der Waals surface area contributed by atoms with Crippen molar-refractivity contribution in [3.05, 3.63) is 45.4 Å². The summed E-state index contributed by atoms with van der Waals surface area (Å²) < 4.78 is 19.6. The monoisotopic (exact) mass is 269 g/mol. The van der Waals surface area contributed by atoms with Gasteiger partial charge in [0, 0.05) is 10.9 Å². The smallest absolute Gasteiger partial charge is 0.150 e. The Morgan fingerprint density at radius 2 is 2.24 bits per heavy atom. The van der Waals surface area contributed by atoms with E-state index in [0.717, 1.165) is 9.21 Å². The van der Waals surface area contributed by atoms with Gasteiger partial charge in [0.25, 0.3) is 0 Å². The summed E-state index contributed by atoms with van der Waals surface area (Å²) in [5, 5.41) is 3.16. The molecule has 0 spiro atoms. The van der Waals surface area contributed by atoms with E-state index in [4.69, 9.17) is 16.3 Å². The zero-order valence-electron chi connectivity index (χ0n) is 8.74. The minimum absolute atomic E-state index is 0.0644. The summed E-state index contributed by atoms with van der Waals surface area (Å²) >= 11 is 7.39. The van der Waals surface area contributed by atoms with Crippen LogP contribution in [0, 0.1) is 5.82 Å². The first-order valence-corrected chi connectivity index (χ1v) is 6.37. The third-order valence-electron chi connectivity index (χ3n) is 2.60. The second kappa shape index (κ2) is 4.20. The molecule has 0 saturated carbocycles. The first-order chi connectivity index (χ1) is 8.22. The molecular formula is C12H9ClFNOS. The lowest BCUT2D eigenvalue weighted by Gasteiger charge is -2.26. The second-order valence-corrected chi connectivity index (χ2v) is 5.52. The molecule has 1 aromatic carbocycles. The fraction of sp³-hybridized carbons (Fsp3) is 0.167. The molecule has 1 aliphatic rings. The zero-order valence-corrected chi connectivity index (χ0v) is 10.3. The van der Waals surface area contributed by atoms with Crippen molar-refractivity contribution in [2.24, 2.45) is 0 Å². The molecule has 1 aromatic heterocycles. The van der Waals surface area contributed by atoms with Crippen LogP contribution in [0.25, 0.3) is 0 Å². The molecule has 5 heteroatoms. The number of thiophene rings is 1. The van der Waals surface area contributed by atoms with Gasteiger partial charge in [-0.2, -0.15) is 0 Å². The lowest BCUT2D eigenvalue weighted by Crippen LogP contribution is -2.22. The van der Waals surface area contributed by atoms with E-state index in [9.17, 15) is 4.39 Å². The molecule has 88 valence electrons. The maximum absolute atomic E-state index is 13.0. The maximum atomic E-state index is 13.0. The summed E-state index contributed by atoms with van der Waals surface area (Å²) in [6.07, 6.45) is -0.0644. The van der Waals surface area contributed by atoms with Crippen molar-refractivity contribution >= 4 is 28.6 Å². The van der Waals surface area contributed by atoms with Crippen LogP contribution >= 0.6 is 22.9 Å². The molecule has 1 atom stereocenters. The molecule has 0 aliphatic carbocycles. The Kier molecular flexibility index (Phi) is 2.68. The number of ether oxygens (including phenoxy) is 1. The highest BCUT2D eigenvalue weighted by Gasteiger charge is 2.22. The van der Waals surface area contributed by atoms with Gasteiger partial charge >= 0.3 is 0 Å². The standard InChI is InChI=1S/C12H9ClFNOS/c13-12-4-3-11(17-12)10-6-15-8-5-7(14)1-2-9(8)16-10/h1-5,10,15H,6H2. The molecule has 2 nitrogen and oxygen atoms in total. The summed E-state index contributed by atoms with van der Waals surface area (Å²) in [7, 11) is 0. The number of benzene rings is 1. The molecule has 0 bridgehead atoms. The van der Waals surface area contributed by atoms with Gasteiger partial charge in [-0.05, 0) is 24.3 Å². The van der Waals surface area contributed by atoms with Gasteiger partial charge in [0.05, 0.1) is 16.6 Å². The number of halogens is 2. The topological polar surface area (TPSA) is 21.3 Å². The van der Waals surface area contributed by atoms with E-state index in [2.05, 4.69) is 5.32 Å². The molecule has 2 heterocycles. The van der Waals surface area contributed by atoms with Crippen molar-refractivity contribution in [2.75, 3.05) is 11.9 Å². The van der Waals surface area contributed by atoms with E-state index >= 15 is 0 Å². The number of anilines is 1. The quantitative estimate of drug-likeness (QED) is 0.842. The maximum Gasteiger partial charge on any atom is 0.150 e. The van der Waals surface area contributed by atoms with E-state index in [1.165, 1.54) is 23.5 Å². The number of nitrogens with one attached hydrogen (secondary N) is 1. The van der Waals surface area contributed by atoms with E-state index in [1.807, 2.05) is 12.1 Å². The number of hydrogen-bond acceptors (Lipinski definition) is 3. The molecule has 1 unspecified atom stereocenters. The van der Waals surface area contributed by atoms with Crippen LogP contribution in [0.5, 0.6) is 5.75 Å². The Balaban J connectivity index is 1.88. The highest BCUT2D eigenvalue weighted by Crippen LogP contribution is 2.37. The zero-order chi connectivity index (χ0) is 11.8. The summed E-state index contributed by atoms with van der Waals surface area (Å²) in [6.45, 7) is 0.618. The number of fused-ring (bicyclic) bond motifs is 1. The van der Waals surface area contributed by atoms with Gasteiger partial charge in [-0.1, -0.05) is 11.6 Å². The molecule has 1 aliphatic heterocycles. The molecule has 17 heavy (non-hydrogen) atoms. The fourth-order valence-electron chi connectivity index (χ4n) is 1.80. The molecule has 0 fully saturated rings. The number of rotatable bonds is 1. The Morgan fingerprint density at radius 1 is 1.35 bits per heavy atom. The van der Waals surface area contributed by atoms with Crippen molar-refractivity contribution in [3.63, 3.8) is 0 Å². The van der Waals surface area contributed by atoms with Crippen LogP contribution in [0.3, 0.4) is 0 Å². The third kappa shape index (κ3) is 2.10.